The van der Waals surface area contributed by atoms with Crippen molar-refractivity contribution < 1.29 is 22.7 Å². The molecule has 1 aliphatic heterocycles. The van der Waals surface area contributed by atoms with E-state index < -0.39 is 6.61 Å². The molecule has 0 radical (unpaired) electrons. The van der Waals surface area contributed by atoms with Crippen LogP contribution in [0.3, 0.4) is 0 Å². The lowest BCUT2D eigenvalue weighted by Gasteiger charge is -2.37. The van der Waals surface area contributed by atoms with Gasteiger partial charge in [0.05, 0.1) is 17.5 Å². The summed E-state index contributed by atoms with van der Waals surface area (Å²) in [5, 5.41) is 8.28. The topological polar surface area (TPSA) is 68.5 Å². The third-order valence-corrected chi connectivity index (χ3v) is 7.28. The number of fused-ring (bicyclic) bond motifs is 1. The van der Waals surface area contributed by atoms with E-state index in [2.05, 4.69) is 14.9 Å². The van der Waals surface area contributed by atoms with Crippen LogP contribution >= 0.6 is 23.5 Å². The van der Waals surface area contributed by atoms with Crippen LogP contribution in [0, 0.1) is 0 Å². The molecule has 0 N–H and O–H groups in total. The second kappa shape index (κ2) is 10.5. The zero-order chi connectivity index (χ0) is 24.2. The Kier molecular flexibility index (Phi) is 7.01. The van der Waals surface area contributed by atoms with Crippen LogP contribution in [0.5, 0.6) is 5.75 Å². The summed E-state index contributed by atoms with van der Waals surface area (Å²) in [7, 11) is 0. The molecular formula is C25H19F2N3O3S2. The van der Waals surface area contributed by atoms with Gasteiger partial charge in [-0.25, -0.2) is 0 Å². The summed E-state index contributed by atoms with van der Waals surface area (Å²) in [4.78, 5) is 16.4. The summed E-state index contributed by atoms with van der Waals surface area (Å²) < 4.78 is 34.7. The summed E-state index contributed by atoms with van der Waals surface area (Å²) >= 11 is 2.90. The summed E-state index contributed by atoms with van der Waals surface area (Å²) in [5.74, 6) is 1.07. The molecule has 0 saturated heterocycles. The summed E-state index contributed by atoms with van der Waals surface area (Å²) in [6, 6.07) is 23.7. The van der Waals surface area contributed by atoms with Gasteiger partial charge in [-0.3, -0.25) is 4.79 Å². The zero-order valence-corrected chi connectivity index (χ0v) is 19.8. The van der Waals surface area contributed by atoms with Gasteiger partial charge in [-0.2, -0.15) is 8.78 Å². The van der Waals surface area contributed by atoms with Crippen LogP contribution < -0.4 is 9.64 Å². The number of alkyl halides is 2. The van der Waals surface area contributed by atoms with E-state index in [4.69, 9.17) is 4.42 Å². The van der Waals surface area contributed by atoms with Gasteiger partial charge in [0, 0.05) is 16.2 Å². The molecule has 2 heterocycles. The minimum Gasteiger partial charge on any atom is -0.435 e. The molecule has 0 bridgehead atoms. The number of para-hydroxylation sites is 1. The number of hydrogen-bond acceptors (Lipinski definition) is 7. The van der Waals surface area contributed by atoms with Crippen molar-refractivity contribution >= 4 is 35.1 Å². The van der Waals surface area contributed by atoms with Gasteiger partial charge < -0.3 is 14.1 Å². The second-order valence-electron chi connectivity index (χ2n) is 7.53. The number of amides is 1. The van der Waals surface area contributed by atoms with Gasteiger partial charge in [-0.1, -0.05) is 54.2 Å². The van der Waals surface area contributed by atoms with Crippen LogP contribution in [-0.4, -0.2) is 34.2 Å². The van der Waals surface area contributed by atoms with Gasteiger partial charge >= 0.3 is 6.61 Å². The Bertz CT molecular complexity index is 1300. The maximum atomic E-state index is 13.5. The predicted molar refractivity (Wildman–Crippen MR) is 131 cm³/mol. The highest BCUT2D eigenvalue weighted by Gasteiger charge is 2.32. The van der Waals surface area contributed by atoms with E-state index in [9.17, 15) is 13.6 Å². The van der Waals surface area contributed by atoms with E-state index in [1.165, 1.54) is 12.1 Å². The molecule has 5 rings (SSSR count). The summed E-state index contributed by atoms with van der Waals surface area (Å²) in [6.07, 6.45) is 0. The third kappa shape index (κ3) is 5.33. The van der Waals surface area contributed by atoms with Crippen LogP contribution in [0.1, 0.15) is 11.6 Å². The fourth-order valence-corrected chi connectivity index (χ4v) is 5.57. The van der Waals surface area contributed by atoms with Gasteiger partial charge in [0.25, 0.3) is 5.22 Å². The molecule has 1 aromatic heterocycles. The first-order valence-corrected chi connectivity index (χ1v) is 12.7. The van der Waals surface area contributed by atoms with E-state index in [-0.39, 0.29) is 34.6 Å². The second-order valence-corrected chi connectivity index (χ2v) is 9.52. The maximum absolute atomic E-state index is 13.5. The van der Waals surface area contributed by atoms with Crippen molar-refractivity contribution in [2.75, 3.05) is 16.4 Å². The minimum atomic E-state index is -2.89. The van der Waals surface area contributed by atoms with Crippen LogP contribution in [0.4, 0.5) is 14.5 Å². The lowest BCUT2D eigenvalue weighted by Crippen LogP contribution is -2.39. The maximum Gasteiger partial charge on any atom is 0.387 e. The van der Waals surface area contributed by atoms with Crippen molar-refractivity contribution in [3.05, 3.63) is 84.4 Å². The van der Waals surface area contributed by atoms with Crippen molar-refractivity contribution in [1.82, 2.24) is 10.2 Å². The number of aromatic nitrogens is 2. The fraction of sp³-hybridized carbons (Fsp3) is 0.160. The number of thioether (sulfide) groups is 2. The number of halogens is 2. The average Bonchev–Trinajstić information content (AvgIpc) is 3.36. The van der Waals surface area contributed by atoms with E-state index in [0.29, 0.717) is 5.56 Å². The van der Waals surface area contributed by atoms with E-state index in [1.807, 2.05) is 59.5 Å². The van der Waals surface area contributed by atoms with E-state index >= 15 is 0 Å². The Hall–Kier alpha value is -3.37. The summed E-state index contributed by atoms with van der Waals surface area (Å²) in [6.45, 7) is -2.89. The average molecular weight is 512 g/mol. The lowest BCUT2D eigenvalue weighted by molar-refractivity contribution is -0.116. The molecule has 1 atom stereocenters. The fourth-order valence-electron chi connectivity index (χ4n) is 3.77. The number of nitrogens with zero attached hydrogens (tertiary/aromatic N) is 3. The highest BCUT2D eigenvalue weighted by Crippen LogP contribution is 2.43. The predicted octanol–water partition coefficient (Wildman–Crippen LogP) is 6.31. The molecule has 35 heavy (non-hydrogen) atoms. The zero-order valence-electron chi connectivity index (χ0n) is 18.2. The molecule has 0 fully saturated rings. The monoisotopic (exact) mass is 511 g/mol. The number of anilines is 1. The molecule has 10 heteroatoms. The first-order valence-electron chi connectivity index (χ1n) is 10.7. The summed E-state index contributed by atoms with van der Waals surface area (Å²) in [5.41, 5.74) is 2.52. The van der Waals surface area contributed by atoms with Gasteiger partial charge in [0.15, 0.2) is 0 Å². The smallest absolute Gasteiger partial charge is 0.387 e. The normalized spacial score (nSPS) is 15.2. The number of carbonyl (C=O) groups is 1. The highest BCUT2D eigenvalue weighted by atomic mass is 32.2. The minimum absolute atomic E-state index is 0.0383. The van der Waals surface area contributed by atoms with Crippen LogP contribution in [0.15, 0.2) is 93.4 Å². The number of carbonyl (C=O) groups excluding carboxylic acids is 1. The van der Waals surface area contributed by atoms with Gasteiger partial charge in [0.1, 0.15) is 5.75 Å². The van der Waals surface area contributed by atoms with Crippen LogP contribution in [0.2, 0.25) is 0 Å². The molecule has 0 aliphatic carbocycles. The molecule has 0 unspecified atom stereocenters. The van der Waals surface area contributed by atoms with Crippen molar-refractivity contribution in [3.63, 3.8) is 0 Å². The SMILES string of the molecule is O=C(CSc1nnc(-c2ccc(OC(F)F)cc2)o1)N1c2ccccc2SC[C@@H]1c1ccccc1. The standard InChI is InChI=1S/C25H19F2N3O3S2/c26-24(27)32-18-12-10-17(11-13-18)23-28-29-25(33-23)35-15-22(31)30-19-8-4-5-9-21(19)34-14-20(30)16-6-2-1-3-7-16/h1-13,20,24H,14-15H2/t20-/m1/s1. The lowest BCUT2D eigenvalue weighted by atomic mass is 10.1. The molecular weight excluding hydrogens is 492 g/mol. The molecule has 3 aromatic carbocycles. The van der Waals surface area contributed by atoms with E-state index in [1.54, 1.807) is 23.9 Å². The van der Waals surface area contributed by atoms with Gasteiger partial charge in [-0.15, -0.1) is 22.0 Å². The van der Waals surface area contributed by atoms with Crippen LogP contribution in [-0.2, 0) is 4.79 Å². The quantitative estimate of drug-likeness (QED) is 0.269. The Morgan fingerprint density at radius 2 is 1.80 bits per heavy atom. The molecule has 0 spiro atoms. The molecule has 1 aliphatic rings. The first kappa shape index (κ1) is 23.4. The first-order chi connectivity index (χ1) is 17.1. The van der Waals surface area contributed by atoms with Gasteiger partial charge in [-0.05, 0) is 42.0 Å². The Balaban J connectivity index is 1.31. The number of benzene rings is 3. The Morgan fingerprint density at radius 1 is 1.06 bits per heavy atom. The number of hydrogen-bond donors (Lipinski definition) is 0. The number of rotatable bonds is 7. The molecule has 0 saturated carbocycles. The number of ether oxygens (including phenoxy) is 1. The molecule has 1 amide bonds. The molecule has 178 valence electrons. The Morgan fingerprint density at radius 3 is 2.57 bits per heavy atom. The Labute approximate surface area is 208 Å². The van der Waals surface area contributed by atoms with Crippen molar-refractivity contribution in [1.29, 1.82) is 0 Å². The molecule has 6 nitrogen and oxygen atoms in total. The van der Waals surface area contributed by atoms with Crippen molar-refractivity contribution in [2.24, 2.45) is 0 Å². The van der Waals surface area contributed by atoms with Crippen molar-refractivity contribution in [3.8, 4) is 17.2 Å². The van der Waals surface area contributed by atoms with Crippen molar-refractivity contribution in [2.45, 2.75) is 22.8 Å². The van der Waals surface area contributed by atoms with Gasteiger partial charge in [0.2, 0.25) is 11.8 Å². The molecule has 4 aromatic rings. The van der Waals surface area contributed by atoms with Crippen LogP contribution in [0.25, 0.3) is 11.5 Å². The largest absolute Gasteiger partial charge is 0.435 e. The third-order valence-electron chi connectivity index (χ3n) is 5.34. The highest BCUT2D eigenvalue weighted by molar-refractivity contribution is 8.00. The van der Waals surface area contributed by atoms with E-state index in [0.717, 1.165) is 33.7 Å².